The summed E-state index contributed by atoms with van der Waals surface area (Å²) in [6.07, 6.45) is 0. The topological polar surface area (TPSA) is 24.4 Å². The van der Waals surface area contributed by atoms with Crippen molar-refractivity contribution in [1.82, 2.24) is 5.32 Å². The van der Waals surface area contributed by atoms with E-state index in [-0.39, 0.29) is 0 Å². The van der Waals surface area contributed by atoms with Gasteiger partial charge in [0.25, 0.3) is 0 Å². The van der Waals surface area contributed by atoms with E-state index in [4.69, 9.17) is 0 Å². The molecule has 0 amide bonds. The number of aliphatic imine (C=N–C) groups is 1. The Morgan fingerprint density at radius 3 is 1.70 bits per heavy atom. The third kappa shape index (κ3) is 5.60. The van der Waals surface area contributed by atoms with Crippen molar-refractivity contribution in [2.24, 2.45) is 10.9 Å². The average molecular weight is 144 g/mol. The molecule has 0 saturated heterocycles. The number of hydrogen-bond donors (Lipinski definition) is 1. The number of nitrogens with zero attached hydrogens (tertiary/aromatic N) is 1. The first-order valence-electron chi connectivity index (χ1n) is 3.86. The van der Waals surface area contributed by atoms with Crippen molar-refractivity contribution in [2.45, 2.75) is 27.7 Å². The van der Waals surface area contributed by atoms with Crippen LogP contribution in [-0.2, 0) is 0 Å². The molecule has 0 rings (SSSR count). The highest BCUT2D eigenvalue weighted by Crippen LogP contribution is 1.90. The summed E-state index contributed by atoms with van der Waals surface area (Å²) in [5.74, 6) is 1.58. The summed E-state index contributed by atoms with van der Waals surface area (Å²) in [7, 11) is 3.69. The van der Waals surface area contributed by atoms with Gasteiger partial charge in [0.1, 0.15) is 0 Å². The fraction of sp³-hybridized carbons (Fsp3) is 0.875. The molecule has 0 fully saturated rings. The summed E-state index contributed by atoms with van der Waals surface area (Å²) in [5, 5.41) is 3.00. The van der Waals surface area contributed by atoms with Crippen LogP contribution in [0.1, 0.15) is 27.7 Å². The van der Waals surface area contributed by atoms with Gasteiger partial charge in [-0.3, -0.25) is 4.99 Å². The third-order valence-electron chi connectivity index (χ3n) is 1.04. The van der Waals surface area contributed by atoms with E-state index in [1.165, 1.54) is 0 Å². The molecule has 0 radical (unpaired) electrons. The van der Waals surface area contributed by atoms with Gasteiger partial charge in [-0.2, -0.15) is 0 Å². The van der Waals surface area contributed by atoms with Crippen molar-refractivity contribution in [1.29, 1.82) is 0 Å². The van der Waals surface area contributed by atoms with Crippen LogP contribution in [0.4, 0.5) is 0 Å². The fourth-order valence-corrected chi connectivity index (χ4v) is 0.659. The molecule has 0 saturated carbocycles. The Kier molecular flexibility index (Phi) is 10.3. The van der Waals surface area contributed by atoms with E-state index < -0.39 is 0 Å². The molecule has 0 spiro atoms. The molecule has 0 aliphatic heterocycles. The summed E-state index contributed by atoms with van der Waals surface area (Å²) in [6.45, 7) is 8.22. The molecule has 2 nitrogen and oxygen atoms in total. The minimum Gasteiger partial charge on any atom is -0.377 e. The zero-order chi connectivity index (χ0) is 8.57. The Hall–Kier alpha value is -0.530. The van der Waals surface area contributed by atoms with E-state index >= 15 is 0 Å². The first-order valence-corrected chi connectivity index (χ1v) is 3.86. The van der Waals surface area contributed by atoms with Gasteiger partial charge in [-0.1, -0.05) is 27.7 Å². The number of hydrogen-bond acceptors (Lipinski definition) is 1. The molecule has 0 bridgehead atoms. The Morgan fingerprint density at radius 2 is 1.70 bits per heavy atom. The molecule has 0 aromatic rings. The van der Waals surface area contributed by atoms with Gasteiger partial charge in [0.05, 0.1) is 5.84 Å². The predicted octanol–water partition coefficient (Wildman–Crippen LogP) is 1.92. The van der Waals surface area contributed by atoms with Gasteiger partial charge in [-0.25, -0.2) is 0 Å². The minimum absolute atomic E-state index is 0.519. The molecular formula is C8H20N2. The van der Waals surface area contributed by atoms with Gasteiger partial charge in [-0.15, -0.1) is 0 Å². The molecule has 10 heavy (non-hydrogen) atoms. The van der Waals surface area contributed by atoms with Gasteiger partial charge < -0.3 is 5.32 Å². The molecular weight excluding hydrogens is 124 g/mol. The Bertz CT molecular complexity index is 85.3. The summed E-state index contributed by atoms with van der Waals surface area (Å²) in [5.41, 5.74) is 0. The maximum absolute atomic E-state index is 4.01. The zero-order valence-corrected chi connectivity index (χ0v) is 8.02. The van der Waals surface area contributed by atoms with E-state index in [1.54, 1.807) is 7.05 Å². The first kappa shape index (κ1) is 12.2. The maximum atomic E-state index is 4.01. The summed E-state index contributed by atoms with van der Waals surface area (Å²) in [4.78, 5) is 4.01. The Balaban J connectivity index is 0. The van der Waals surface area contributed by atoms with Crippen LogP contribution in [0.15, 0.2) is 4.99 Å². The lowest BCUT2D eigenvalue weighted by molar-refractivity contribution is 0.834. The zero-order valence-electron chi connectivity index (χ0n) is 8.02. The van der Waals surface area contributed by atoms with Gasteiger partial charge >= 0.3 is 0 Å². The Morgan fingerprint density at radius 1 is 1.30 bits per heavy atom. The van der Waals surface area contributed by atoms with Crippen molar-refractivity contribution in [3.8, 4) is 0 Å². The molecule has 0 aliphatic carbocycles. The molecule has 0 aromatic heterocycles. The molecule has 2 heteroatoms. The fourth-order valence-electron chi connectivity index (χ4n) is 0.659. The Labute approximate surface area is 64.7 Å². The van der Waals surface area contributed by atoms with E-state index in [0.29, 0.717) is 5.92 Å². The lowest BCUT2D eigenvalue weighted by atomic mass is 10.2. The molecule has 62 valence electrons. The van der Waals surface area contributed by atoms with E-state index in [2.05, 4.69) is 24.2 Å². The molecule has 0 atom stereocenters. The van der Waals surface area contributed by atoms with E-state index in [0.717, 1.165) is 5.84 Å². The molecule has 0 heterocycles. The van der Waals surface area contributed by atoms with Crippen molar-refractivity contribution < 1.29 is 0 Å². The number of nitrogens with one attached hydrogen (secondary N) is 1. The van der Waals surface area contributed by atoms with E-state index in [9.17, 15) is 0 Å². The van der Waals surface area contributed by atoms with Crippen LogP contribution in [0, 0.1) is 5.92 Å². The predicted molar refractivity (Wildman–Crippen MR) is 48.6 cm³/mol. The maximum Gasteiger partial charge on any atom is 0.0982 e. The smallest absolute Gasteiger partial charge is 0.0982 e. The monoisotopic (exact) mass is 144 g/mol. The lowest BCUT2D eigenvalue weighted by Crippen LogP contribution is -2.23. The highest BCUT2D eigenvalue weighted by Gasteiger charge is 1.97. The first-order chi connectivity index (χ1) is 4.72. The third-order valence-corrected chi connectivity index (χ3v) is 1.04. The molecule has 0 unspecified atom stereocenters. The second-order valence-electron chi connectivity index (χ2n) is 2.01. The molecule has 0 aliphatic rings. The number of amidine groups is 1. The normalized spacial score (nSPS) is 10.5. The molecule has 1 N–H and O–H groups in total. The SMILES string of the molecule is CC.CN=C(NC)C(C)C. The second kappa shape index (κ2) is 8.47. The lowest BCUT2D eigenvalue weighted by Gasteiger charge is -2.06. The quantitative estimate of drug-likeness (QED) is 0.441. The van der Waals surface area contributed by atoms with Crippen LogP contribution in [0.5, 0.6) is 0 Å². The van der Waals surface area contributed by atoms with Crippen LogP contribution in [-0.4, -0.2) is 19.9 Å². The van der Waals surface area contributed by atoms with Crippen molar-refractivity contribution in [3.63, 3.8) is 0 Å². The summed E-state index contributed by atoms with van der Waals surface area (Å²) < 4.78 is 0. The van der Waals surface area contributed by atoms with Gasteiger partial charge in [0.2, 0.25) is 0 Å². The van der Waals surface area contributed by atoms with Crippen molar-refractivity contribution >= 4 is 5.84 Å². The summed E-state index contributed by atoms with van der Waals surface area (Å²) in [6, 6.07) is 0. The van der Waals surface area contributed by atoms with Gasteiger partial charge in [-0.05, 0) is 0 Å². The van der Waals surface area contributed by atoms with Crippen LogP contribution in [0.2, 0.25) is 0 Å². The summed E-state index contributed by atoms with van der Waals surface area (Å²) >= 11 is 0. The van der Waals surface area contributed by atoms with Crippen molar-refractivity contribution in [3.05, 3.63) is 0 Å². The average Bonchev–Trinajstić information content (AvgIpc) is 1.94. The highest BCUT2D eigenvalue weighted by molar-refractivity contribution is 5.83. The standard InChI is InChI=1S/C6H14N2.C2H6/c1-5(2)6(7-3)8-4;1-2/h5H,1-4H3,(H,7,8);1-2H3. The number of rotatable bonds is 1. The van der Waals surface area contributed by atoms with Crippen LogP contribution in [0.25, 0.3) is 0 Å². The highest BCUT2D eigenvalue weighted by atomic mass is 15.0. The van der Waals surface area contributed by atoms with Gasteiger partial charge in [0.15, 0.2) is 0 Å². The van der Waals surface area contributed by atoms with Crippen LogP contribution in [0.3, 0.4) is 0 Å². The second-order valence-corrected chi connectivity index (χ2v) is 2.01. The van der Waals surface area contributed by atoms with Crippen molar-refractivity contribution in [2.75, 3.05) is 14.1 Å². The molecule has 0 aromatic carbocycles. The van der Waals surface area contributed by atoms with Crippen LogP contribution >= 0.6 is 0 Å². The minimum atomic E-state index is 0.519. The van der Waals surface area contributed by atoms with Gasteiger partial charge in [0, 0.05) is 20.0 Å². The largest absolute Gasteiger partial charge is 0.377 e. The van der Waals surface area contributed by atoms with Crippen LogP contribution < -0.4 is 5.32 Å². The van der Waals surface area contributed by atoms with E-state index in [1.807, 2.05) is 20.9 Å².